The number of amides is 1. The monoisotopic (exact) mass is 323 g/mol. The summed E-state index contributed by atoms with van der Waals surface area (Å²) in [4.78, 5) is 18.7. The predicted octanol–water partition coefficient (Wildman–Crippen LogP) is 1.16. The van der Waals surface area contributed by atoms with E-state index >= 15 is 0 Å². The molecule has 0 aliphatic carbocycles. The first-order valence-corrected chi connectivity index (χ1v) is 7.85. The molecule has 0 fully saturated rings. The lowest BCUT2D eigenvalue weighted by Crippen LogP contribution is -2.40. The summed E-state index contributed by atoms with van der Waals surface area (Å²) in [5, 5.41) is 9.73. The average Bonchev–Trinajstić information content (AvgIpc) is 3.12. The number of carbonyl (C=O) groups excluding carboxylic acids is 1. The fourth-order valence-corrected chi connectivity index (χ4v) is 2.93. The lowest BCUT2D eigenvalue weighted by Gasteiger charge is -2.25. The molecule has 2 heterocycles. The smallest absolute Gasteiger partial charge is 0.244 e. The molecule has 0 unspecified atom stereocenters. The quantitative estimate of drug-likeness (QED) is 0.797. The van der Waals surface area contributed by atoms with E-state index in [1.165, 1.54) is 11.3 Å². The van der Waals surface area contributed by atoms with Crippen LogP contribution in [0.5, 0.6) is 0 Å². The number of rotatable bonds is 7. The Bertz CT molecular complexity index is 591. The van der Waals surface area contributed by atoms with Crippen molar-refractivity contribution in [1.82, 2.24) is 20.1 Å². The topological polar surface area (TPSA) is 97.1 Å². The molecule has 2 rings (SSSR count). The molecule has 0 saturated carbocycles. The minimum absolute atomic E-state index is 0.153. The van der Waals surface area contributed by atoms with Gasteiger partial charge in [-0.1, -0.05) is 0 Å². The Morgan fingerprint density at radius 1 is 1.55 bits per heavy atom. The summed E-state index contributed by atoms with van der Waals surface area (Å²) >= 11 is 1.51. The third kappa shape index (κ3) is 3.70. The van der Waals surface area contributed by atoms with Gasteiger partial charge >= 0.3 is 0 Å². The molecule has 1 atom stereocenters. The Morgan fingerprint density at radius 2 is 2.32 bits per heavy atom. The largest absolute Gasteiger partial charge is 0.383 e. The van der Waals surface area contributed by atoms with Crippen LogP contribution in [0.1, 0.15) is 28.0 Å². The van der Waals surface area contributed by atoms with Crippen molar-refractivity contribution >= 4 is 17.2 Å². The SMILES string of the molecule is COCCN(Cc1nccs1)C(=O)[C@@H](N)c1c(C)n[nH]c1C. The van der Waals surface area contributed by atoms with E-state index in [4.69, 9.17) is 10.5 Å². The number of nitrogens with two attached hydrogens (primary N) is 1. The van der Waals surface area contributed by atoms with Crippen molar-refractivity contribution in [2.24, 2.45) is 5.73 Å². The summed E-state index contributed by atoms with van der Waals surface area (Å²) in [5.74, 6) is -0.153. The van der Waals surface area contributed by atoms with Gasteiger partial charge in [0.25, 0.3) is 0 Å². The van der Waals surface area contributed by atoms with Crippen molar-refractivity contribution in [3.8, 4) is 0 Å². The maximum atomic E-state index is 12.8. The Morgan fingerprint density at radius 3 is 2.86 bits per heavy atom. The number of nitrogens with one attached hydrogen (secondary N) is 1. The molecule has 0 bridgehead atoms. The molecule has 0 saturated heterocycles. The molecular formula is C14H21N5O2S. The van der Waals surface area contributed by atoms with E-state index in [1.54, 1.807) is 18.2 Å². The molecule has 0 aromatic carbocycles. The highest BCUT2D eigenvalue weighted by atomic mass is 32.1. The second-order valence-corrected chi connectivity index (χ2v) is 5.98. The maximum Gasteiger partial charge on any atom is 0.244 e. The number of hydrogen-bond donors (Lipinski definition) is 2. The first-order valence-electron chi connectivity index (χ1n) is 6.97. The number of hydrogen-bond acceptors (Lipinski definition) is 6. The summed E-state index contributed by atoms with van der Waals surface area (Å²) in [6.45, 7) is 5.06. The zero-order valence-corrected chi connectivity index (χ0v) is 13.8. The van der Waals surface area contributed by atoms with Gasteiger partial charge in [-0.3, -0.25) is 9.89 Å². The van der Waals surface area contributed by atoms with Crippen LogP contribution in [0, 0.1) is 13.8 Å². The molecule has 2 aromatic rings. The minimum Gasteiger partial charge on any atom is -0.383 e. The van der Waals surface area contributed by atoms with Crippen LogP contribution in [-0.2, 0) is 16.1 Å². The van der Waals surface area contributed by atoms with E-state index in [-0.39, 0.29) is 5.91 Å². The van der Waals surface area contributed by atoms with Crippen LogP contribution >= 0.6 is 11.3 Å². The first kappa shape index (κ1) is 16.6. The molecular weight excluding hydrogens is 302 g/mol. The Hall–Kier alpha value is -1.77. The summed E-state index contributed by atoms with van der Waals surface area (Å²) < 4.78 is 5.09. The van der Waals surface area contributed by atoms with E-state index in [2.05, 4.69) is 15.2 Å². The lowest BCUT2D eigenvalue weighted by molar-refractivity contribution is -0.134. The van der Waals surface area contributed by atoms with Gasteiger partial charge in [-0.2, -0.15) is 5.10 Å². The van der Waals surface area contributed by atoms with Gasteiger partial charge in [0, 0.05) is 36.5 Å². The van der Waals surface area contributed by atoms with Crippen LogP contribution in [0.2, 0.25) is 0 Å². The Kier molecular flexibility index (Phi) is 5.64. The number of thiazole rings is 1. The van der Waals surface area contributed by atoms with E-state index in [9.17, 15) is 4.79 Å². The summed E-state index contributed by atoms with van der Waals surface area (Å²) in [6, 6.07) is -0.740. The van der Waals surface area contributed by atoms with Crippen molar-refractivity contribution in [2.45, 2.75) is 26.4 Å². The maximum absolute atomic E-state index is 12.8. The minimum atomic E-state index is -0.740. The van der Waals surface area contributed by atoms with Gasteiger partial charge in [0.15, 0.2) is 0 Å². The normalized spacial score (nSPS) is 12.4. The third-order valence-corrected chi connectivity index (χ3v) is 4.21. The summed E-state index contributed by atoms with van der Waals surface area (Å²) in [7, 11) is 1.61. The number of ether oxygens (including phenoxy) is 1. The van der Waals surface area contributed by atoms with E-state index in [0.29, 0.717) is 19.7 Å². The highest BCUT2D eigenvalue weighted by Gasteiger charge is 2.27. The molecule has 8 heteroatoms. The molecule has 0 radical (unpaired) electrons. The van der Waals surface area contributed by atoms with Gasteiger partial charge in [0.1, 0.15) is 11.0 Å². The number of aromatic nitrogens is 3. The second-order valence-electron chi connectivity index (χ2n) is 5.00. The standard InChI is InChI=1S/C14H21N5O2S/c1-9-12(10(2)18-17-9)13(15)14(20)19(5-6-21-3)8-11-16-4-7-22-11/h4,7,13H,5-6,8,15H2,1-3H3,(H,17,18)/t13-/m0/s1. The van der Waals surface area contributed by atoms with Gasteiger partial charge in [-0.25, -0.2) is 4.98 Å². The Balaban J connectivity index is 2.17. The zero-order chi connectivity index (χ0) is 16.1. The van der Waals surface area contributed by atoms with Crippen molar-refractivity contribution < 1.29 is 9.53 Å². The molecule has 0 spiro atoms. The summed E-state index contributed by atoms with van der Waals surface area (Å²) in [6.07, 6.45) is 1.73. The average molecular weight is 323 g/mol. The molecule has 0 aliphatic heterocycles. The molecule has 1 amide bonds. The number of methoxy groups -OCH3 is 1. The highest BCUT2D eigenvalue weighted by molar-refractivity contribution is 7.09. The van der Waals surface area contributed by atoms with E-state index in [1.807, 2.05) is 19.2 Å². The second kappa shape index (κ2) is 7.48. The van der Waals surface area contributed by atoms with Gasteiger partial charge in [-0.05, 0) is 13.8 Å². The number of nitrogens with zero attached hydrogens (tertiary/aromatic N) is 3. The first-order chi connectivity index (χ1) is 10.5. The van der Waals surface area contributed by atoms with Gasteiger partial charge < -0.3 is 15.4 Å². The van der Waals surface area contributed by atoms with Crippen molar-refractivity contribution in [3.63, 3.8) is 0 Å². The van der Waals surface area contributed by atoms with Crippen LogP contribution in [0.25, 0.3) is 0 Å². The summed E-state index contributed by atoms with van der Waals surface area (Å²) in [5.41, 5.74) is 8.50. The molecule has 120 valence electrons. The van der Waals surface area contributed by atoms with Crippen LogP contribution in [0.15, 0.2) is 11.6 Å². The third-order valence-electron chi connectivity index (χ3n) is 3.45. The number of H-pyrrole nitrogens is 1. The van der Waals surface area contributed by atoms with E-state index < -0.39 is 6.04 Å². The van der Waals surface area contributed by atoms with Crippen molar-refractivity contribution in [1.29, 1.82) is 0 Å². The molecule has 3 N–H and O–H groups in total. The van der Waals surface area contributed by atoms with Crippen LogP contribution in [0.3, 0.4) is 0 Å². The fourth-order valence-electron chi connectivity index (χ4n) is 2.30. The lowest BCUT2D eigenvalue weighted by atomic mass is 10.0. The predicted molar refractivity (Wildman–Crippen MR) is 84.4 cm³/mol. The number of aromatic amines is 1. The van der Waals surface area contributed by atoms with Crippen molar-refractivity contribution in [2.75, 3.05) is 20.3 Å². The van der Waals surface area contributed by atoms with Gasteiger partial charge in [0.05, 0.1) is 18.8 Å². The fraction of sp³-hybridized carbons (Fsp3) is 0.500. The van der Waals surface area contributed by atoms with Crippen LogP contribution in [-0.4, -0.2) is 46.2 Å². The molecule has 2 aromatic heterocycles. The Labute approximate surface area is 133 Å². The van der Waals surface area contributed by atoms with Crippen LogP contribution < -0.4 is 5.73 Å². The van der Waals surface area contributed by atoms with Crippen molar-refractivity contribution in [3.05, 3.63) is 33.5 Å². The zero-order valence-electron chi connectivity index (χ0n) is 13.0. The molecule has 7 nitrogen and oxygen atoms in total. The van der Waals surface area contributed by atoms with Gasteiger partial charge in [-0.15, -0.1) is 11.3 Å². The molecule has 0 aliphatic rings. The number of aryl methyl sites for hydroxylation is 2. The molecule has 22 heavy (non-hydrogen) atoms. The van der Waals surface area contributed by atoms with Gasteiger partial charge in [0.2, 0.25) is 5.91 Å². The van der Waals surface area contributed by atoms with E-state index in [0.717, 1.165) is 22.0 Å². The van der Waals surface area contributed by atoms with Crippen LogP contribution in [0.4, 0.5) is 0 Å². The number of carbonyl (C=O) groups is 1. The highest BCUT2D eigenvalue weighted by Crippen LogP contribution is 2.21.